The normalized spacial score (nSPS) is 10.8. The highest BCUT2D eigenvalue weighted by Gasteiger charge is 2.22. The van der Waals surface area contributed by atoms with Gasteiger partial charge in [-0.2, -0.15) is 0 Å². The quantitative estimate of drug-likeness (QED) is 0.560. The number of halogens is 1. The molecule has 1 heterocycles. The molecule has 0 N–H and O–H groups in total. The Bertz CT molecular complexity index is 925. The van der Waals surface area contributed by atoms with E-state index in [0.717, 1.165) is 28.1 Å². The van der Waals surface area contributed by atoms with E-state index in [0.29, 0.717) is 23.8 Å². The molecule has 7 heteroatoms. The van der Waals surface area contributed by atoms with Gasteiger partial charge in [0.15, 0.2) is 5.13 Å². The van der Waals surface area contributed by atoms with Crippen molar-refractivity contribution < 1.29 is 9.53 Å². The van der Waals surface area contributed by atoms with Gasteiger partial charge in [0.1, 0.15) is 11.3 Å². The van der Waals surface area contributed by atoms with Crippen LogP contribution in [0.5, 0.6) is 5.75 Å². The van der Waals surface area contributed by atoms with E-state index in [2.05, 4.69) is 4.90 Å². The summed E-state index contributed by atoms with van der Waals surface area (Å²) >= 11 is 1.52. The summed E-state index contributed by atoms with van der Waals surface area (Å²) in [7, 11) is 4.00. The highest BCUT2D eigenvalue weighted by atomic mass is 35.5. The van der Waals surface area contributed by atoms with E-state index in [-0.39, 0.29) is 18.3 Å². The number of amides is 1. The zero-order valence-electron chi connectivity index (χ0n) is 16.6. The summed E-state index contributed by atoms with van der Waals surface area (Å²) in [6.45, 7) is 5.88. The third-order valence-electron chi connectivity index (χ3n) is 4.22. The number of likely N-dealkylation sites (N-methyl/N-ethyl adjacent to an activating group) is 1. The van der Waals surface area contributed by atoms with Gasteiger partial charge in [-0.15, -0.1) is 12.4 Å². The van der Waals surface area contributed by atoms with Crippen LogP contribution >= 0.6 is 23.7 Å². The minimum absolute atomic E-state index is 0. The van der Waals surface area contributed by atoms with Crippen molar-refractivity contribution in [2.75, 3.05) is 38.7 Å². The maximum Gasteiger partial charge on any atom is 0.260 e. The van der Waals surface area contributed by atoms with Crippen LogP contribution in [0, 0.1) is 6.92 Å². The second kappa shape index (κ2) is 9.87. The summed E-state index contributed by atoms with van der Waals surface area (Å²) in [6.07, 6.45) is 0. The van der Waals surface area contributed by atoms with Crippen LogP contribution in [0.3, 0.4) is 0 Å². The smallest absolute Gasteiger partial charge is 0.260 e. The number of rotatable bonds is 7. The minimum atomic E-state index is -0.0335. The number of carbonyl (C=O) groups is 1. The molecule has 0 aliphatic carbocycles. The van der Waals surface area contributed by atoms with Crippen LogP contribution in [0.2, 0.25) is 0 Å². The largest absolute Gasteiger partial charge is 0.492 e. The van der Waals surface area contributed by atoms with Crippen molar-refractivity contribution in [1.82, 2.24) is 9.88 Å². The number of aromatic nitrogens is 1. The van der Waals surface area contributed by atoms with Crippen molar-refractivity contribution in [3.8, 4) is 5.75 Å². The average molecular weight is 420 g/mol. The van der Waals surface area contributed by atoms with Gasteiger partial charge < -0.3 is 9.64 Å². The first kappa shape index (κ1) is 22.1. The van der Waals surface area contributed by atoms with E-state index in [1.807, 2.05) is 70.4 Å². The van der Waals surface area contributed by atoms with Gasteiger partial charge in [-0.05, 0) is 52.2 Å². The Morgan fingerprint density at radius 3 is 2.46 bits per heavy atom. The van der Waals surface area contributed by atoms with Crippen LogP contribution in [0.25, 0.3) is 10.2 Å². The highest BCUT2D eigenvalue weighted by Crippen LogP contribution is 2.34. The second-order valence-electron chi connectivity index (χ2n) is 6.66. The molecule has 0 atom stereocenters. The number of aryl methyl sites for hydroxylation is 1. The SMILES string of the molecule is CCOc1cccc2sc(N(CCN(C)C)C(=O)c3ccc(C)cc3)nc12.Cl. The first-order chi connectivity index (χ1) is 13.0. The minimum Gasteiger partial charge on any atom is -0.492 e. The van der Waals surface area contributed by atoms with Crippen molar-refractivity contribution in [2.24, 2.45) is 0 Å². The van der Waals surface area contributed by atoms with Crippen molar-refractivity contribution in [2.45, 2.75) is 13.8 Å². The number of fused-ring (bicyclic) bond motifs is 1. The molecular formula is C21H26ClN3O2S. The van der Waals surface area contributed by atoms with Gasteiger partial charge in [0.2, 0.25) is 0 Å². The first-order valence-corrected chi connectivity index (χ1v) is 9.87. The Labute approximate surface area is 176 Å². The number of hydrogen-bond acceptors (Lipinski definition) is 5. The summed E-state index contributed by atoms with van der Waals surface area (Å²) in [5.41, 5.74) is 2.61. The molecule has 3 aromatic rings. The fraction of sp³-hybridized carbons (Fsp3) is 0.333. The number of ether oxygens (including phenoxy) is 1. The number of nitrogens with zero attached hydrogens (tertiary/aromatic N) is 3. The van der Waals surface area contributed by atoms with Crippen LogP contribution in [0.4, 0.5) is 5.13 Å². The number of carbonyl (C=O) groups excluding carboxylic acids is 1. The van der Waals surface area contributed by atoms with Gasteiger partial charge in [0, 0.05) is 18.7 Å². The molecule has 28 heavy (non-hydrogen) atoms. The average Bonchev–Trinajstić information content (AvgIpc) is 3.07. The van der Waals surface area contributed by atoms with Gasteiger partial charge >= 0.3 is 0 Å². The third kappa shape index (κ3) is 5.01. The van der Waals surface area contributed by atoms with Gasteiger partial charge in [-0.1, -0.05) is 35.1 Å². The lowest BCUT2D eigenvalue weighted by Gasteiger charge is -2.22. The molecule has 0 aliphatic heterocycles. The predicted octanol–water partition coefficient (Wildman–Crippen LogP) is 4.63. The molecule has 3 rings (SSSR count). The van der Waals surface area contributed by atoms with E-state index < -0.39 is 0 Å². The Morgan fingerprint density at radius 2 is 1.82 bits per heavy atom. The summed E-state index contributed by atoms with van der Waals surface area (Å²) in [5.74, 6) is 0.724. The molecule has 0 aliphatic rings. The van der Waals surface area contributed by atoms with Crippen molar-refractivity contribution in [3.63, 3.8) is 0 Å². The molecule has 0 saturated carbocycles. The molecule has 0 radical (unpaired) electrons. The predicted molar refractivity (Wildman–Crippen MR) is 119 cm³/mol. The van der Waals surface area contributed by atoms with Gasteiger partial charge in [-0.25, -0.2) is 4.98 Å². The monoisotopic (exact) mass is 419 g/mol. The maximum absolute atomic E-state index is 13.2. The van der Waals surface area contributed by atoms with Crippen LogP contribution in [-0.4, -0.2) is 49.6 Å². The van der Waals surface area contributed by atoms with Crippen LogP contribution in [-0.2, 0) is 0 Å². The molecule has 2 aromatic carbocycles. The summed E-state index contributed by atoms with van der Waals surface area (Å²) in [4.78, 5) is 21.8. The van der Waals surface area contributed by atoms with Gasteiger partial charge in [0.05, 0.1) is 11.3 Å². The van der Waals surface area contributed by atoms with Crippen LogP contribution in [0.15, 0.2) is 42.5 Å². The second-order valence-corrected chi connectivity index (χ2v) is 7.67. The van der Waals surface area contributed by atoms with Crippen molar-refractivity contribution in [3.05, 3.63) is 53.6 Å². The number of para-hydroxylation sites is 1. The Balaban J connectivity index is 0.00000280. The summed E-state index contributed by atoms with van der Waals surface area (Å²) in [6, 6.07) is 13.6. The molecule has 0 bridgehead atoms. The van der Waals surface area contributed by atoms with E-state index in [4.69, 9.17) is 9.72 Å². The van der Waals surface area contributed by atoms with Crippen molar-refractivity contribution in [1.29, 1.82) is 0 Å². The van der Waals surface area contributed by atoms with Gasteiger partial charge in [0.25, 0.3) is 5.91 Å². The molecule has 5 nitrogen and oxygen atoms in total. The standard InChI is InChI=1S/C21H25N3O2S.ClH/c1-5-26-17-7-6-8-18-19(17)22-21(27-18)24(14-13-23(3)4)20(25)16-11-9-15(2)10-12-16;/h6-12H,5,13-14H2,1-4H3;1H. The molecule has 0 unspecified atom stereocenters. The lowest BCUT2D eigenvalue weighted by molar-refractivity contribution is 0.0985. The molecule has 0 spiro atoms. The van der Waals surface area contributed by atoms with Gasteiger partial charge in [-0.3, -0.25) is 9.69 Å². The van der Waals surface area contributed by atoms with E-state index in [9.17, 15) is 4.79 Å². The fourth-order valence-electron chi connectivity index (χ4n) is 2.74. The zero-order valence-corrected chi connectivity index (χ0v) is 18.3. The molecular weight excluding hydrogens is 394 g/mol. The maximum atomic E-state index is 13.2. The fourth-order valence-corrected chi connectivity index (χ4v) is 3.74. The number of thiazole rings is 1. The Kier molecular flexibility index (Phi) is 7.80. The molecule has 1 amide bonds. The number of hydrogen-bond donors (Lipinski definition) is 0. The van der Waals surface area contributed by atoms with Crippen LogP contribution < -0.4 is 9.64 Å². The lowest BCUT2D eigenvalue weighted by Crippen LogP contribution is -2.36. The van der Waals surface area contributed by atoms with E-state index in [1.165, 1.54) is 11.3 Å². The van der Waals surface area contributed by atoms with Crippen LogP contribution in [0.1, 0.15) is 22.8 Å². The molecule has 0 fully saturated rings. The van der Waals surface area contributed by atoms with Crippen molar-refractivity contribution >= 4 is 45.0 Å². The lowest BCUT2D eigenvalue weighted by atomic mass is 10.1. The van der Waals surface area contributed by atoms with E-state index >= 15 is 0 Å². The number of benzene rings is 2. The Morgan fingerprint density at radius 1 is 1.11 bits per heavy atom. The molecule has 0 saturated heterocycles. The third-order valence-corrected chi connectivity index (χ3v) is 5.26. The first-order valence-electron chi connectivity index (χ1n) is 9.05. The molecule has 150 valence electrons. The Hall–Kier alpha value is -2.15. The van der Waals surface area contributed by atoms with E-state index in [1.54, 1.807) is 4.90 Å². The summed E-state index contributed by atoms with van der Waals surface area (Å²) < 4.78 is 6.72. The zero-order chi connectivity index (χ0) is 19.4. The molecule has 1 aromatic heterocycles. The highest BCUT2D eigenvalue weighted by molar-refractivity contribution is 7.22. The summed E-state index contributed by atoms with van der Waals surface area (Å²) in [5, 5.41) is 0.699. The topological polar surface area (TPSA) is 45.7 Å². The number of anilines is 1.